The van der Waals surface area contributed by atoms with Crippen LogP contribution >= 0.6 is 0 Å². The van der Waals surface area contributed by atoms with E-state index in [-0.39, 0.29) is 5.91 Å². The lowest BCUT2D eigenvalue weighted by Gasteiger charge is -2.06. The van der Waals surface area contributed by atoms with Gasteiger partial charge in [-0.25, -0.2) is 4.98 Å². The molecule has 0 saturated heterocycles. The number of carbonyl (C=O) groups excluding carboxylic acids is 1. The first-order chi connectivity index (χ1) is 11.5. The molecule has 0 aliphatic carbocycles. The topological polar surface area (TPSA) is 55.1 Å². The maximum atomic E-state index is 11.8. The monoisotopic (exact) mass is 328 g/mol. The van der Waals surface area contributed by atoms with Crippen molar-refractivity contribution in [2.45, 2.75) is 53.4 Å². The Labute approximate surface area is 144 Å². The van der Waals surface area contributed by atoms with Crippen LogP contribution in [0.3, 0.4) is 0 Å². The summed E-state index contributed by atoms with van der Waals surface area (Å²) in [5.41, 5.74) is 3.15. The van der Waals surface area contributed by atoms with Gasteiger partial charge in [-0.1, -0.05) is 31.5 Å². The molecular formula is C20H28N2O2. The maximum Gasteiger partial charge on any atom is 0.226 e. The highest BCUT2D eigenvalue weighted by atomic mass is 16.4. The Balaban J connectivity index is 1.83. The van der Waals surface area contributed by atoms with Crippen LogP contribution in [0, 0.1) is 19.8 Å². The van der Waals surface area contributed by atoms with Crippen molar-refractivity contribution in [3.63, 3.8) is 0 Å². The molecule has 0 unspecified atom stereocenters. The number of nitrogens with one attached hydrogen (secondary N) is 1. The zero-order valence-electron chi connectivity index (χ0n) is 15.2. The van der Waals surface area contributed by atoms with Crippen LogP contribution in [0.15, 0.2) is 28.7 Å². The molecule has 4 nitrogen and oxygen atoms in total. The third kappa shape index (κ3) is 5.52. The molecule has 0 bridgehead atoms. The highest BCUT2D eigenvalue weighted by Gasteiger charge is 2.12. The maximum absolute atomic E-state index is 11.8. The van der Waals surface area contributed by atoms with E-state index in [0.717, 1.165) is 42.8 Å². The molecule has 0 aliphatic heterocycles. The van der Waals surface area contributed by atoms with Crippen molar-refractivity contribution in [2.24, 2.45) is 5.92 Å². The summed E-state index contributed by atoms with van der Waals surface area (Å²) in [7, 11) is 0. The van der Waals surface area contributed by atoms with E-state index in [0.29, 0.717) is 18.2 Å². The van der Waals surface area contributed by atoms with Gasteiger partial charge in [-0.2, -0.15) is 0 Å². The molecule has 0 fully saturated rings. The highest BCUT2D eigenvalue weighted by Crippen LogP contribution is 2.23. The Bertz CT molecular complexity index is 657. The van der Waals surface area contributed by atoms with Crippen LogP contribution in [0.1, 0.15) is 50.1 Å². The fraction of sp³-hybridized carbons (Fsp3) is 0.500. The SMILES string of the molecule is Cc1ccc(-c2nc(CCCC(=O)NCCC(C)C)c(C)o2)cc1. The number of carbonyl (C=O) groups is 1. The number of amides is 1. The minimum Gasteiger partial charge on any atom is -0.441 e. The summed E-state index contributed by atoms with van der Waals surface area (Å²) in [6, 6.07) is 8.14. The van der Waals surface area contributed by atoms with Crippen molar-refractivity contribution in [3.05, 3.63) is 41.3 Å². The quantitative estimate of drug-likeness (QED) is 0.779. The van der Waals surface area contributed by atoms with Gasteiger partial charge in [0.1, 0.15) is 5.76 Å². The molecule has 1 aromatic carbocycles. The van der Waals surface area contributed by atoms with Crippen LogP contribution < -0.4 is 5.32 Å². The molecule has 2 aromatic rings. The number of rotatable bonds is 8. The average Bonchev–Trinajstić information content (AvgIpc) is 2.89. The number of nitrogens with zero attached hydrogens (tertiary/aromatic N) is 1. The van der Waals surface area contributed by atoms with Crippen LogP contribution in [0.5, 0.6) is 0 Å². The first-order valence-corrected chi connectivity index (χ1v) is 8.75. The molecule has 0 radical (unpaired) electrons. The van der Waals surface area contributed by atoms with E-state index >= 15 is 0 Å². The second-order valence-electron chi connectivity index (χ2n) is 6.77. The highest BCUT2D eigenvalue weighted by molar-refractivity contribution is 5.75. The van der Waals surface area contributed by atoms with Gasteiger partial charge in [0.15, 0.2) is 0 Å². The van der Waals surface area contributed by atoms with E-state index in [1.165, 1.54) is 5.56 Å². The van der Waals surface area contributed by atoms with Gasteiger partial charge in [0.2, 0.25) is 11.8 Å². The Morgan fingerprint density at radius 3 is 2.58 bits per heavy atom. The molecule has 2 rings (SSSR count). The summed E-state index contributed by atoms with van der Waals surface area (Å²) >= 11 is 0. The van der Waals surface area contributed by atoms with Gasteiger partial charge in [-0.05, 0) is 51.2 Å². The van der Waals surface area contributed by atoms with Crippen molar-refractivity contribution in [3.8, 4) is 11.5 Å². The molecule has 0 aliphatic rings. The predicted octanol–water partition coefficient (Wildman–Crippen LogP) is 4.44. The summed E-state index contributed by atoms with van der Waals surface area (Å²) in [6.45, 7) is 9.07. The van der Waals surface area contributed by atoms with Crippen molar-refractivity contribution < 1.29 is 9.21 Å². The van der Waals surface area contributed by atoms with E-state index in [4.69, 9.17) is 4.42 Å². The van der Waals surface area contributed by atoms with Gasteiger partial charge < -0.3 is 9.73 Å². The normalized spacial score (nSPS) is 11.0. The molecule has 24 heavy (non-hydrogen) atoms. The van der Waals surface area contributed by atoms with Gasteiger partial charge >= 0.3 is 0 Å². The van der Waals surface area contributed by atoms with E-state index in [2.05, 4.69) is 43.2 Å². The first-order valence-electron chi connectivity index (χ1n) is 8.75. The van der Waals surface area contributed by atoms with Crippen LogP contribution in [-0.2, 0) is 11.2 Å². The van der Waals surface area contributed by atoms with Crippen molar-refractivity contribution in [1.29, 1.82) is 0 Å². The van der Waals surface area contributed by atoms with Crippen LogP contribution in [0.25, 0.3) is 11.5 Å². The zero-order valence-corrected chi connectivity index (χ0v) is 15.2. The van der Waals surface area contributed by atoms with E-state index in [1.807, 2.05) is 19.1 Å². The molecular weight excluding hydrogens is 300 g/mol. The Morgan fingerprint density at radius 1 is 1.21 bits per heavy atom. The van der Waals surface area contributed by atoms with Gasteiger partial charge in [0, 0.05) is 18.5 Å². The summed E-state index contributed by atoms with van der Waals surface area (Å²) in [6.07, 6.45) is 3.10. The summed E-state index contributed by atoms with van der Waals surface area (Å²) in [5, 5.41) is 2.97. The third-order valence-corrected chi connectivity index (χ3v) is 4.05. The minimum atomic E-state index is 0.121. The van der Waals surface area contributed by atoms with Gasteiger partial charge in [0.05, 0.1) is 5.69 Å². The number of aryl methyl sites for hydroxylation is 3. The molecule has 1 aromatic heterocycles. The predicted molar refractivity (Wildman–Crippen MR) is 96.8 cm³/mol. The second-order valence-corrected chi connectivity index (χ2v) is 6.77. The Hall–Kier alpha value is -2.10. The summed E-state index contributed by atoms with van der Waals surface area (Å²) in [5.74, 6) is 2.23. The number of benzene rings is 1. The number of aromatic nitrogens is 1. The van der Waals surface area contributed by atoms with E-state index in [1.54, 1.807) is 0 Å². The van der Waals surface area contributed by atoms with Gasteiger partial charge in [-0.3, -0.25) is 4.79 Å². The minimum absolute atomic E-state index is 0.121. The Kier molecular flexibility index (Phi) is 6.59. The third-order valence-electron chi connectivity index (χ3n) is 4.05. The number of hydrogen-bond donors (Lipinski definition) is 1. The molecule has 1 amide bonds. The lowest BCUT2D eigenvalue weighted by molar-refractivity contribution is -0.121. The lowest BCUT2D eigenvalue weighted by atomic mass is 10.1. The summed E-state index contributed by atoms with van der Waals surface area (Å²) < 4.78 is 5.78. The molecule has 4 heteroatoms. The van der Waals surface area contributed by atoms with Gasteiger partial charge in [-0.15, -0.1) is 0 Å². The Morgan fingerprint density at radius 2 is 1.92 bits per heavy atom. The molecule has 1 N–H and O–H groups in total. The van der Waals surface area contributed by atoms with Crippen LogP contribution in [0.2, 0.25) is 0 Å². The van der Waals surface area contributed by atoms with Crippen molar-refractivity contribution >= 4 is 5.91 Å². The van der Waals surface area contributed by atoms with Crippen LogP contribution in [0.4, 0.5) is 0 Å². The number of hydrogen-bond acceptors (Lipinski definition) is 3. The van der Waals surface area contributed by atoms with E-state index in [9.17, 15) is 4.79 Å². The standard InChI is InChI=1S/C20H28N2O2/c1-14(2)12-13-21-19(23)7-5-6-18-16(4)24-20(22-18)17-10-8-15(3)9-11-17/h8-11,14H,5-7,12-13H2,1-4H3,(H,21,23). The molecule has 0 spiro atoms. The zero-order chi connectivity index (χ0) is 17.5. The molecule has 1 heterocycles. The average molecular weight is 328 g/mol. The molecule has 0 saturated carbocycles. The molecule has 130 valence electrons. The first kappa shape index (κ1) is 18.2. The smallest absolute Gasteiger partial charge is 0.226 e. The second kappa shape index (κ2) is 8.67. The number of oxazole rings is 1. The molecule has 0 atom stereocenters. The largest absolute Gasteiger partial charge is 0.441 e. The fourth-order valence-electron chi connectivity index (χ4n) is 2.48. The lowest BCUT2D eigenvalue weighted by Crippen LogP contribution is -2.25. The van der Waals surface area contributed by atoms with Gasteiger partial charge in [0.25, 0.3) is 0 Å². The van der Waals surface area contributed by atoms with Crippen LogP contribution in [-0.4, -0.2) is 17.4 Å². The fourth-order valence-corrected chi connectivity index (χ4v) is 2.48. The van der Waals surface area contributed by atoms with E-state index < -0.39 is 0 Å². The summed E-state index contributed by atoms with van der Waals surface area (Å²) in [4.78, 5) is 16.4. The van der Waals surface area contributed by atoms with Crippen molar-refractivity contribution in [2.75, 3.05) is 6.54 Å². The van der Waals surface area contributed by atoms with Crippen molar-refractivity contribution in [1.82, 2.24) is 10.3 Å².